The van der Waals surface area contributed by atoms with Gasteiger partial charge in [-0.1, -0.05) is 30.1 Å². The lowest BCUT2D eigenvalue weighted by Crippen LogP contribution is -2.14. The molecule has 0 amide bonds. The van der Waals surface area contributed by atoms with Crippen LogP contribution >= 0.6 is 0 Å². The molecule has 0 heterocycles. The van der Waals surface area contributed by atoms with Crippen molar-refractivity contribution < 1.29 is 9.53 Å². The minimum absolute atomic E-state index is 0.124. The van der Waals surface area contributed by atoms with Crippen LogP contribution in [0.3, 0.4) is 0 Å². The second-order valence-corrected chi connectivity index (χ2v) is 5.66. The fraction of sp³-hybridized carbons (Fsp3) is 0.611. The van der Waals surface area contributed by atoms with E-state index in [9.17, 15) is 4.79 Å². The van der Waals surface area contributed by atoms with E-state index < -0.39 is 5.97 Å². The third kappa shape index (κ3) is 9.44. The Morgan fingerprint density at radius 3 is 2.50 bits per heavy atom. The Morgan fingerprint density at radius 2 is 1.95 bits per heavy atom. The van der Waals surface area contributed by atoms with Crippen LogP contribution in [0, 0.1) is 17.3 Å². The van der Waals surface area contributed by atoms with E-state index in [0.717, 1.165) is 38.5 Å². The van der Waals surface area contributed by atoms with Crippen LogP contribution in [0.2, 0.25) is 0 Å². The fourth-order valence-electron chi connectivity index (χ4n) is 1.99. The van der Waals surface area contributed by atoms with Crippen molar-refractivity contribution in [3.8, 4) is 11.8 Å². The van der Waals surface area contributed by atoms with Gasteiger partial charge in [-0.15, -0.1) is 6.58 Å². The molecule has 0 spiro atoms. The van der Waals surface area contributed by atoms with Crippen LogP contribution < -0.4 is 0 Å². The predicted octanol–water partition coefficient (Wildman–Crippen LogP) is 4.66. The zero-order chi connectivity index (χ0) is 15.4. The largest absolute Gasteiger partial charge is 0.459 e. The molecule has 2 heteroatoms. The Morgan fingerprint density at radius 1 is 1.25 bits per heavy atom. The quantitative estimate of drug-likeness (QED) is 0.212. The lowest BCUT2D eigenvalue weighted by Gasteiger charge is -2.23. The standard InChI is InChI=1S/C18H28O2/c1-6-7-8-9-13-18(4,14-10-11-16(2)3)15-12-17(19)20-5/h6,11H,1,7-10,13-14H2,2-5H3. The van der Waals surface area contributed by atoms with Gasteiger partial charge in [0.25, 0.3) is 0 Å². The van der Waals surface area contributed by atoms with Gasteiger partial charge in [0, 0.05) is 11.3 Å². The first-order valence-electron chi connectivity index (χ1n) is 7.29. The summed E-state index contributed by atoms with van der Waals surface area (Å²) in [7, 11) is 1.36. The van der Waals surface area contributed by atoms with Crippen molar-refractivity contribution in [2.75, 3.05) is 7.11 Å². The normalized spacial score (nSPS) is 12.6. The molecule has 0 saturated heterocycles. The first-order chi connectivity index (χ1) is 9.43. The van der Waals surface area contributed by atoms with Crippen LogP contribution in [0.5, 0.6) is 0 Å². The molecule has 0 saturated carbocycles. The Kier molecular flexibility index (Phi) is 9.55. The molecule has 20 heavy (non-hydrogen) atoms. The van der Waals surface area contributed by atoms with Crippen LogP contribution in [0.4, 0.5) is 0 Å². The number of methoxy groups -OCH3 is 1. The highest BCUT2D eigenvalue weighted by Crippen LogP contribution is 2.30. The summed E-state index contributed by atoms with van der Waals surface area (Å²) < 4.78 is 4.59. The number of carbonyl (C=O) groups excluding carboxylic acids is 1. The minimum atomic E-state index is -0.454. The van der Waals surface area contributed by atoms with Crippen LogP contribution in [-0.2, 0) is 9.53 Å². The maximum Gasteiger partial charge on any atom is 0.384 e. The van der Waals surface area contributed by atoms with Gasteiger partial charge in [0.05, 0.1) is 7.11 Å². The molecular formula is C18H28O2. The van der Waals surface area contributed by atoms with Crippen LogP contribution in [-0.4, -0.2) is 13.1 Å². The van der Waals surface area contributed by atoms with Gasteiger partial charge >= 0.3 is 5.97 Å². The summed E-state index contributed by atoms with van der Waals surface area (Å²) in [6, 6.07) is 0. The predicted molar refractivity (Wildman–Crippen MR) is 85.2 cm³/mol. The van der Waals surface area contributed by atoms with E-state index in [2.05, 4.69) is 50.0 Å². The van der Waals surface area contributed by atoms with Crippen LogP contribution in [0.1, 0.15) is 59.3 Å². The smallest absolute Gasteiger partial charge is 0.384 e. The summed E-state index contributed by atoms with van der Waals surface area (Å²) in [5.41, 5.74) is 1.20. The molecule has 0 rings (SSSR count). The van der Waals surface area contributed by atoms with Gasteiger partial charge in [-0.2, -0.15) is 0 Å². The lowest BCUT2D eigenvalue weighted by molar-refractivity contribution is -0.133. The van der Waals surface area contributed by atoms with E-state index >= 15 is 0 Å². The van der Waals surface area contributed by atoms with Crippen LogP contribution in [0.15, 0.2) is 24.3 Å². The van der Waals surface area contributed by atoms with Gasteiger partial charge in [-0.05, 0) is 52.9 Å². The SMILES string of the molecule is C=CCCCCC(C)(C#CC(=O)OC)CCC=C(C)C. The van der Waals surface area contributed by atoms with Crippen molar-refractivity contribution in [3.63, 3.8) is 0 Å². The summed E-state index contributed by atoms with van der Waals surface area (Å²) >= 11 is 0. The van der Waals surface area contributed by atoms with Gasteiger partial charge in [0.15, 0.2) is 0 Å². The van der Waals surface area contributed by atoms with Gasteiger partial charge in [-0.3, -0.25) is 0 Å². The van der Waals surface area contributed by atoms with Crippen molar-refractivity contribution in [2.45, 2.75) is 59.3 Å². The van der Waals surface area contributed by atoms with Crippen molar-refractivity contribution >= 4 is 5.97 Å². The zero-order valence-electron chi connectivity index (χ0n) is 13.4. The molecule has 0 aliphatic carbocycles. The molecule has 1 unspecified atom stereocenters. The van der Waals surface area contributed by atoms with Crippen molar-refractivity contribution in [3.05, 3.63) is 24.3 Å². The number of unbranched alkanes of at least 4 members (excludes halogenated alkanes) is 2. The van der Waals surface area contributed by atoms with E-state index in [-0.39, 0.29) is 5.41 Å². The summed E-state index contributed by atoms with van der Waals surface area (Å²) in [6.07, 6.45) is 10.4. The maximum atomic E-state index is 11.2. The number of carbonyl (C=O) groups is 1. The molecule has 2 nitrogen and oxygen atoms in total. The van der Waals surface area contributed by atoms with E-state index in [0.29, 0.717) is 0 Å². The van der Waals surface area contributed by atoms with Gasteiger partial charge in [0.2, 0.25) is 0 Å². The molecule has 0 aliphatic heterocycles. The molecular weight excluding hydrogens is 248 g/mol. The minimum Gasteiger partial charge on any atom is -0.459 e. The molecule has 0 aliphatic rings. The fourth-order valence-corrected chi connectivity index (χ4v) is 1.99. The lowest BCUT2D eigenvalue weighted by atomic mass is 9.81. The molecule has 112 valence electrons. The number of rotatable bonds is 8. The number of hydrogen-bond donors (Lipinski definition) is 0. The highest BCUT2D eigenvalue weighted by atomic mass is 16.5. The topological polar surface area (TPSA) is 26.3 Å². The van der Waals surface area contributed by atoms with Gasteiger partial charge < -0.3 is 4.74 Å². The summed E-state index contributed by atoms with van der Waals surface area (Å²) in [5, 5.41) is 0. The van der Waals surface area contributed by atoms with E-state index in [1.807, 2.05) is 6.08 Å². The monoisotopic (exact) mass is 276 g/mol. The highest BCUT2D eigenvalue weighted by Gasteiger charge is 2.20. The summed E-state index contributed by atoms with van der Waals surface area (Å²) in [5.74, 6) is 5.26. The summed E-state index contributed by atoms with van der Waals surface area (Å²) in [4.78, 5) is 11.2. The van der Waals surface area contributed by atoms with Crippen molar-refractivity contribution in [2.24, 2.45) is 5.41 Å². The molecule has 0 N–H and O–H groups in total. The van der Waals surface area contributed by atoms with E-state index in [4.69, 9.17) is 0 Å². The molecule has 1 atom stereocenters. The van der Waals surface area contributed by atoms with Crippen molar-refractivity contribution in [1.29, 1.82) is 0 Å². The number of allylic oxidation sites excluding steroid dienone is 3. The first kappa shape index (κ1) is 18.5. The van der Waals surface area contributed by atoms with Gasteiger partial charge in [0.1, 0.15) is 0 Å². The van der Waals surface area contributed by atoms with E-state index in [1.165, 1.54) is 12.7 Å². The third-order valence-corrected chi connectivity index (χ3v) is 3.29. The van der Waals surface area contributed by atoms with E-state index in [1.54, 1.807) is 0 Å². The highest BCUT2D eigenvalue weighted by molar-refractivity contribution is 5.88. The summed E-state index contributed by atoms with van der Waals surface area (Å²) in [6.45, 7) is 10.1. The average Bonchev–Trinajstić information content (AvgIpc) is 2.41. The number of esters is 1. The second kappa shape index (κ2) is 10.3. The average molecular weight is 276 g/mol. The molecule has 0 aromatic rings. The van der Waals surface area contributed by atoms with Crippen LogP contribution in [0.25, 0.3) is 0 Å². The Hall–Kier alpha value is -1.49. The molecule has 0 aromatic heterocycles. The number of hydrogen-bond acceptors (Lipinski definition) is 2. The number of ether oxygens (including phenoxy) is 1. The molecule has 0 bridgehead atoms. The third-order valence-electron chi connectivity index (χ3n) is 3.29. The zero-order valence-corrected chi connectivity index (χ0v) is 13.4. The first-order valence-corrected chi connectivity index (χ1v) is 7.29. The van der Waals surface area contributed by atoms with Gasteiger partial charge in [-0.25, -0.2) is 4.79 Å². The van der Waals surface area contributed by atoms with Crippen molar-refractivity contribution in [1.82, 2.24) is 0 Å². The second-order valence-electron chi connectivity index (χ2n) is 5.66. The molecule has 0 fully saturated rings. The Bertz CT molecular complexity index is 391. The Balaban J connectivity index is 4.63. The Labute approximate surface area is 124 Å². The molecule has 0 aromatic carbocycles. The maximum absolute atomic E-state index is 11.2. The molecule has 0 radical (unpaired) electrons.